The molecule has 1 saturated heterocycles. The van der Waals surface area contributed by atoms with Crippen molar-refractivity contribution in [1.29, 1.82) is 0 Å². The van der Waals surface area contributed by atoms with E-state index in [1.165, 1.54) is 38.9 Å². The minimum absolute atomic E-state index is 0.756. The molecule has 0 saturated carbocycles. The van der Waals surface area contributed by atoms with Crippen LogP contribution in [0.5, 0.6) is 5.75 Å². The minimum atomic E-state index is 0.756. The Hall–Kier alpha value is -0.990. The van der Waals surface area contributed by atoms with Gasteiger partial charge in [0.2, 0.25) is 0 Å². The third kappa shape index (κ3) is 5.66. The molecule has 1 N–H and O–H groups in total. The van der Waals surface area contributed by atoms with Gasteiger partial charge >= 0.3 is 0 Å². The molecule has 1 aliphatic rings. The summed E-state index contributed by atoms with van der Waals surface area (Å²) < 4.78 is 5.94. The fourth-order valence-corrected chi connectivity index (χ4v) is 3.48. The highest BCUT2D eigenvalue weighted by Gasteiger charge is 2.18. The molecule has 0 bridgehead atoms. The highest BCUT2D eigenvalue weighted by atomic mass is 35.5. The topological polar surface area (TPSA) is 13.7 Å². The van der Waals surface area contributed by atoms with Gasteiger partial charge in [-0.1, -0.05) is 24.6 Å². The lowest BCUT2D eigenvalue weighted by molar-refractivity contribution is -0.908. The molecule has 1 aliphatic heterocycles. The van der Waals surface area contributed by atoms with E-state index >= 15 is 0 Å². The van der Waals surface area contributed by atoms with Crippen LogP contribution in [0.15, 0.2) is 30.9 Å². The second-order valence-electron chi connectivity index (χ2n) is 6.50. The predicted octanol–water partition coefficient (Wildman–Crippen LogP) is 3.54. The van der Waals surface area contributed by atoms with Gasteiger partial charge in [-0.15, -0.1) is 6.58 Å². The van der Waals surface area contributed by atoms with Crippen molar-refractivity contribution in [2.45, 2.75) is 39.0 Å². The maximum atomic E-state index is 6.04. The Morgan fingerprint density at radius 2 is 2.27 bits per heavy atom. The highest BCUT2D eigenvalue weighted by molar-refractivity contribution is 6.30. The molecule has 1 unspecified atom stereocenters. The molecule has 22 heavy (non-hydrogen) atoms. The van der Waals surface area contributed by atoms with Gasteiger partial charge in [-0.2, -0.15) is 0 Å². The number of rotatable bonds is 8. The zero-order chi connectivity index (χ0) is 15.8. The van der Waals surface area contributed by atoms with Crippen LogP contribution in [0, 0.1) is 5.92 Å². The number of hydrogen-bond acceptors (Lipinski definition) is 1. The Labute approximate surface area is 140 Å². The number of benzene rings is 1. The molecule has 2 rings (SSSR count). The molecule has 0 spiro atoms. The fraction of sp³-hybridized carbons (Fsp3) is 0.579. The standard InChI is InChI=1S/C19H28ClNO/c1-3-7-17-14-18(20)9-10-19(17)22-13-5-4-11-21-12-6-8-16(2)15-21/h3,9-10,14,16H,1,4-8,11-13,15H2,2H3/p+1/t16-/m0/s1. The van der Waals surface area contributed by atoms with Gasteiger partial charge in [-0.25, -0.2) is 0 Å². The molecule has 3 heteroatoms. The summed E-state index contributed by atoms with van der Waals surface area (Å²) in [6.45, 7) is 10.9. The Balaban J connectivity index is 1.69. The first-order chi connectivity index (χ1) is 10.7. The number of halogens is 1. The van der Waals surface area contributed by atoms with E-state index in [1.807, 2.05) is 24.3 Å². The maximum absolute atomic E-state index is 6.04. The second kappa shape index (κ2) is 9.22. The van der Waals surface area contributed by atoms with Crippen LogP contribution in [0.4, 0.5) is 0 Å². The summed E-state index contributed by atoms with van der Waals surface area (Å²) in [6, 6.07) is 5.83. The lowest BCUT2D eigenvalue weighted by Crippen LogP contribution is -3.13. The van der Waals surface area contributed by atoms with Crippen LogP contribution in [0.25, 0.3) is 0 Å². The number of ether oxygens (including phenoxy) is 1. The molecule has 1 heterocycles. The number of likely N-dealkylation sites (tertiary alicyclic amines) is 1. The largest absolute Gasteiger partial charge is 0.493 e. The van der Waals surface area contributed by atoms with Crippen molar-refractivity contribution in [1.82, 2.24) is 0 Å². The molecular weight excluding hydrogens is 294 g/mol. The van der Waals surface area contributed by atoms with E-state index in [0.717, 1.165) is 41.7 Å². The van der Waals surface area contributed by atoms with Crippen molar-refractivity contribution in [2.75, 3.05) is 26.2 Å². The zero-order valence-corrected chi connectivity index (χ0v) is 14.5. The lowest BCUT2D eigenvalue weighted by atomic mass is 10.0. The van der Waals surface area contributed by atoms with Crippen LogP contribution in [-0.2, 0) is 6.42 Å². The molecule has 0 amide bonds. The van der Waals surface area contributed by atoms with Crippen LogP contribution >= 0.6 is 11.6 Å². The SMILES string of the molecule is C=CCc1cc(Cl)ccc1OCCCC[NH+]1CCC[C@H](C)C1. The van der Waals surface area contributed by atoms with Gasteiger partial charge in [0.25, 0.3) is 0 Å². The molecule has 1 aromatic rings. The number of quaternary nitrogens is 1. The first-order valence-corrected chi connectivity index (χ1v) is 8.92. The number of nitrogens with one attached hydrogen (secondary N) is 1. The monoisotopic (exact) mass is 322 g/mol. The van der Waals surface area contributed by atoms with E-state index in [4.69, 9.17) is 16.3 Å². The summed E-state index contributed by atoms with van der Waals surface area (Å²) in [5.41, 5.74) is 1.12. The van der Waals surface area contributed by atoms with Crippen LogP contribution in [-0.4, -0.2) is 26.2 Å². The van der Waals surface area contributed by atoms with Crippen LogP contribution in [0.1, 0.15) is 38.2 Å². The van der Waals surface area contributed by atoms with E-state index < -0.39 is 0 Å². The summed E-state index contributed by atoms with van der Waals surface area (Å²) >= 11 is 6.04. The Morgan fingerprint density at radius 1 is 1.41 bits per heavy atom. The molecule has 1 aromatic carbocycles. The third-order valence-electron chi connectivity index (χ3n) is 4.43. The average molecular weight is 323 g/mol. The van der Waals surface area contributed by atoms with Gasteiger partial charge in [0, 0.05) is 10.9 Å². The number of allylic oxidation sites excluding steroid dienone is 1. The zero-order valence-electron chi connectivity index (χ0n) is 13.7. The lowest BCUT2D eigenvalue weighted by Gasteiger charge is -2.27. The van der Waals surface area contributed by atoms with Gasteiger partial charge < -0.3 is 9.64 Å². The highest BCUT2D eigenvalue weighted by Crippen LogP contribution is 2.23. The normalized spacial score (nSPS) is 21.5. The van der Waals surface area contributed by atoms with Gasteiger partial charge in [0.1, 0.15) is 5.75 Å². The molecule has 122 valence electrons. The average Bonchev–Trinajstić information content (AvgIpc) is 2.49. The van der Waals surface area contributed by atoms with Crippen molar-refractivity contribution in [2.24, 2.45) is 5.92 Å². The molecule has 0 aliphatic carbocycles. The minimum Gasteiger partial charge on any atom is -0.493 e. The smallest absolute Gasteiger partial charge is 0.122 e. The molecule has 2 atom stereocenters. The van der Waals surface area contributed by atoms with Crippen molar-refractivity contribution >= 4 is 11.6 Å². The Bertz CT molecular complexity index is 475. The molecular formula is C19H29ClNO+. The molecule has 0 aromatic heterocycles. The van der Waals surface area contributed by atoms with Gasteiger partial charge in [0.05, 0.1) is 26.2 Å². The van der Waals surface area contributed by atoms with E-state index in [9.17, 15) is 0 Å². The summed E-state index contributed by atoms with van der Waals surface area (Å²) in [5, 5.41) is 0.756. The van der Waals surface area contributed by atoms with Crippen molar-refractivity contribution < 1.29 is 9.64 Å². The van der Waals surface area contributed by atoms with Crippen LogP contribution in [0.3, 0.4) is 0 Å². The number of piperidine rings is 1. The summed E-state index contributed by atoms with van der Waals surface area (Å²) in [4.78, 5) is 1.78. The quantitative estimate of drug-likeness (QED) is 0.571. The number of unbranched alkanes of at least 4 members (excludes halogenated alkanes) is 1. The predicted molar refractivity (Wildman–Crippen MR) is 94.0 cm³/mol. The number of hydrogen-bond donors (Lipinski definition) is 1. The first kappa shape index (κ1) is 17.4. The Kier molecular flexibility index (Phi) is 7.28. The van der Waals surface area contributed by atoms with E-state index in [2.05, 4.69) is 13.5 Å². The van der Waals surface area contributed by atoms with E-state index in [-0.39, 0.29) is 0 Å². The summed E-state index contributed by atoms with van der Waals surface area (Å²) in [7, 11) is 0. The molecule has 0 radical (unpaired) electrons. The van der Waals surface area contributed by atoms with Gasteiger partial charge in [0.15, 0.2) is 0 Å². The molecule has 2 nitrogen and oxygen atoms in total. The molecule has 1 fully saturated rings. The van der Waals surface area contributed by atoms with Crippen molar-refractivity contribution in [3.05, 3.63) is 41.4 Å². The van der Waals surface area contributed by atoms with Crippen molar-refractivity contribution in [3.63, 3.8) is 0 Å². The van der Waals surface area contributed by atoms with Crippen LogP contribution in [0.2, 0.25) is 5.02 Å². The van der Waals surface area contributed by atoms with Crippen LogP contribution < -0.4 is 9.64 Å². The van der Waals surface area contributed by atoms with E-state index in [1.54, 1.807) is 4.90 Å². The summed E-state index contributed by atoms with van der Waals surface area (Å²) in [6.07, 6.45) is 7.85. The first-order valence-electron chi connectivity index (χ1n) is 8.54. The van der Waals surface area contributed by atoms with Gasteiger partial charge in [-0.3, -0.25) is 0 Å². The van der Waals surface area contributed by atoms with E-state index in [0.29, 0.717) is 0 Å². The Morgan fingerprint density at radius 3 is 3.05 bits per heavy atom. The second-order valence-corrected chi connectivity index (χ2v) is 6.94. The summed E-state index contributed by atoms with van der Waals surface area (Å²) in [5.74, 6) is 1.85. The third-order valence-corrected chi connectivity index (χ3v) is 4.67. The van der Waals surface area contributed by atoms with Gasteiger partial charge in [-0.05, 0) is 55.9 Å². The fourth-order valence-electron chi connectivity index (χ4n) is 3.29. The van der Waals surface area contributed by atoms with Crippen molar-refractivity contribution in [3.8, 4) is 5.75 Å². The maximum Gasteiger partial charge on any atom is 0.122 e.